The van der Waals surface area contributed by atoms with Crippen LogP contribution in [-0.4, -0.2) is 44.0 Å². The molecule has 32 heavy (non-hydrogen) atoms. The number of amides is 2. The third kappa shape index (κ3) is 5.06. The second-order valence-corrected chi connectivity index (χ2v) is 8.97. The Labute approximate surface area is 189 Å². The van der Waals surface area contributed by atoms with Gasteiger partial charge in [-0.25, -0.2) is 0 Å². The van der Waals surface area contributed by atoms with Crippen LogP contribution in [0.3, 0.4) is 0 Å². The number of hydrogen-bond acceptors (Lipinski definition) is 4. The molecule has 6 heteroatoms. The van der Waals surface area contributed by atoms with Crippen LogP contribution < -0.4 is 14.8 Å². The Hall–Kier alpha value is -3.02. The fourth-order valence-corrected chi connectivity index (χ4v) is 4.56. The molecule has 0 aromatic heterocycles. The molecule has 0 radical (unpaired) electrons. The summed E-state index contributed by atoms with van der Waals surface area (Å²) in [5.74, 6) is 1.49. The van der Waals surface area contributed by atoms with E-state index in [2.05, 4.69) is 11.4 Å². The topological polar surface area (TPSA) is 67.9 Å². The number of piperidine rings is 1. The van der Waals surface area contributed by atoms with Crippen molar-refractivity contribution in [1.82, 2.24) is 10.2 Å². The largest absolute Gasteiger partial charge is 0.493 e. The van der Waals surface area contributed by atoms with Crippen LogP contribution in [-0.2, 0) is 16.1 Å². The number of nitrogens with one attached hydrogen (secondary N) is 1. The first-order valence-electron chi connectivity index (χ1n) is 11.3. The monoisotopic (exact) mass is 436 g/mol. The highest BCUT2D eigenvalue weighted by Crippen LogP contribution is 2.38. The van der Waals surface area contributed by atoms with Crippen LogP contribution >= 0.6 is 0 Å². The average Bonchev–Trinajstić information content (AvgIpc) is 3.67. The Balaban J connectivity index is 1.51. The van der Waals surface area contributed by atoms with Gasteiger partial charge in [-0.05, 0) is 49.4 Å². The van der Waals surface area contributed by atoms with Crippen LogP contribution in [0.25, 0.3) is 0 Å². The Morgan fingerprint density at radius 2 is 1.78 bits per heavy atom. The molecule has 2 atom stereocenters. The fourth-order valence-electron chi connectivity index (χ4n) is 4.56. The van der Waals surface area contributed by atoms with Crippen molar-refractivity contribution in [3.63, 3.8) is 0 Å². The van der Waals surface area contributed by atoms with Crippen molar-refractivity contribution in [3.8, 4) is 11.5 Å². The van der Waals surface area contributed by atoms with Gasteiger partial charge in [-0.15, -0.1) is 0 Å². The minimum Gasteiger partial charge on any atom is -0.493 e. The summed E-state index contributed by atoms with van der Waals surface area (Å²) in [6.45, 7) is 3.65. The molecule has 1 saturated heterocycles. The van der Waals surface area contributed by atoms with Crippen LogP contribution in [0.2, 0.25) is 0 Å². The van der Waals surface area contributed by atoms with Crippen LogP contribution in [0.15, 0.2) is 42.5 Å². The van der Waals surface area contributed by atoms with E-state index in [9.17, 15) is 9.59 Å². The highest BCUT2D eigenvalue weighted by Gasteiger charge is 2.39. The van der Waals surface area contributed by atoms with E-state index in [1.807, 2.05) is 48.2 Å². The minimum atomic E-state index is -0.241. The smallest absolute Gasteiger partial charge is 0.225 e. The van der Waals surface area contributed by atoms with Gasteiger partial charge in [-0.3, -0.25) is 9.59 Å². The summed E-state index contributed by atoms with van der Waals surface area (Å²) in [5, 5.41) is 3.09. The van der Waals surface area contributed by atoms with Crippen molar-refractivity contribution in [3.05, 3.63) is 59.2 Å². The molecular weight excluding hydrogens is 404 g/mol. The summed E-state index contributed by atoms with van der Waals surface area (Å²) >= 11 is 0. The van der Waals surface area contributed by atoms with Gasteiger partial charge >= 0.3 is 0 Å². The lowest BCUT2D eigenvalue weighted by molar-refractivity contribution is -0.137. The van der Waals surface area contributed by atoms with Crippen LogP contribution in [0.4, 0.5) is 0 Å². The lowest BCUT2D eigenvalue weighted by Crippen LogP contribution is -2.48. The van der Waals surface area contributed by atoms with Gasteiger partial charge in [0.2, 0.25) is 11.8 Å². The summed E-state index contributed by atoms with van der Waals surface area (Å²) in [5.41, 5.74) is 3.31. The second kappa shape index (κ2) is 9.63. The van der Waals surface area contributed by atoms with E-state index in [1.54, 1.807) is 14.2 Å². The summed E-state index contributed by atoms with van der Waals surface area (Å²) < 4.78 is 10.8. The summed E-state index contributed by atoms with van der Waals surface area (Å²) in [4.78, 5) is 27.9. The van der Waals surface area contributed by atoms with E-state index >= 15 is 0 Å². The van der Waals surface area contributed by atoms with Crippen molar-refractivity contribution in [2.24, 2.45) is 11.8 Å². The molecule has 170 valence electrons. The molecule has 2 aromatic rings. The summed E-state index contributed by atoms with van der Waals surface area (Å²) in [6.07, 6.45) is 2.62. The maximum atomic E-state index is 13.1. The number of carbonyl (C=O) groups excluding carboxylic acids is 2. The predicted octanol–water partition coefficient (Wildman–Crippen LogP) is 3.67. The molecule has 1 saturated carbocycles. The van der Waals surface area contributed by atoms with Gasteiger partial charge in [-0.1, -0.05) is 35.9 Å². The van der Waals surface area contributed by atoms with Crippen molar-refractivity contribution >= 4 is 11.8 Å². The number of methoxy groups -OCH3 is 2. The number of ether oxygens (including phenoxy) is 2. The Kier molecular flexibility index (Phi) is 6.68. The molecule has 1 heterocycles. The number of nitrogens with zero attached hydrogens (tertiary/aromatic N) is 1. The molecule has 1 N–H and O–H groups in total. The molecule has 0 bridgehead atoms. The standard InChI is InChI=1S/C26H32N2O4/c1-17-5-4-6-18(11-17)14-27-25(29)22-12-21(15-28(16-22)26(30)19-7-8-19)20-9-10-23(31-2)24(13-20)32-3/h4-6,9-11,13,19,21-22H,7-8,12,14-16H2,1-3H3,(H,27,29)/t21-,22-/m1/s1. The Morgan fingerprint density at radius 3 is 2.47 bits per heavy atom. The third-order valence-corrected chi connectivity index (χ3v) is 6.49. The van der Waals surface area contributed by atoms with E-state index in [0.29, 0.717) is 37.6 Å². The molecule has 0 unspecified atom stereocenters. The second-order valence-electron chi connectivity index (χ2n) is 8.97. The first-order valence-corrected chi connectivity index (χ1v) is 11.3. The minimum absolute atomic E-state index is 0.00489. The van der Waals surface area contributed by atoms with Gasteiger partial charge in [0.1, 0.15) is 0 Å². The Morgan fingerprint density at radius 1 is 1.00 bits per heavy atom. The van der Waals surface area contributed by atoms with Crippen LogP contribution in [0, 0.1) is 18.8 Å². The number of benzene rings is 2. The van der Waals surface area contributed by atoms with E-state index in [4.69, 9.17) is 9.47 Å². The van der Waals surface area contributed by atoms with E-state index in [0.717, 1.165) is 24.0 Å². The molecule has 1 aliphatic carbocycles. The molecular formula is C26H32N2O4. The third-order valence-electron chi connectivity index (χ3n) is 6.49. The van der Waals surface area contributed by atoms with Gasteiger partial charge in [0.15, 0.2) is 11.5 Å². The molecule has 6 nitrogen and oxygen atoms in total. The van der Waals surface area contributed by atoms with Crippen molar-refractivity contribution in [2.75, 3.05) is 27.3 Å². The zero-order valence-electron chi connectivity index (χ0n) is 19.1. The average molecular weight is 437 g/mol. The number of likely N-dealkylation sites (tertiary alicyclic amines) is 1. The molecule has 4 rings (SSSR count). The van der Waals surface area contributed by atoms with Gasteiger partial charge in [-0.2, -0.15) is 0 Å². The molecule has 1 aliphatic heterocycles. The van der Waals surface area contributed by atoms with Crippen molar-refractivity contribution < 1.29 is 19.1 Å². The van der Waals surface area contributed by atoms with E-state index in [-0.39, 0.29) is 29.6 Å². The number of hydrogen-bond donors (Lipinski definition) is 1. The van der Waals surface area contributed by atoms with Crippen molar-refractivity contribution in [1.29, 1.82) is 0 Å². The normalized spacial score (nSPS) is 20.5. The van der Waals surface area contributed by atoms with Gasteiger partial charge in [0.25, 0.3) is 0 Å². The molecule has 2 amide bonds. The summed E-state index contributed by atoms with van der Waals surface area (Å²) in [7, 11) is 3.23. The quantitative estimate of drug-likeness (QED) is 0.719. The van der Waals surface area contributed by atoms with E-state index in [1.165, 1.54) is 5.56 Å². The van der Waals surface area contributed by atoms with Crippen LogP contribution in [0.1, 0.15) is 41.9 Å². The van der Waals surface area contributed by atoms with Gasteiger partial charge < -0.3 is 19.7 Å². The van der Waals surface area contributed by atoms with Crippen molar-refractivity contribution in [2.45, 2.75) is 38.6 Å². The lowest BCUT2D eigenvalue weighted by Gasteiger charge is -2.37. The van der Waals surface area contributed by atoms with Gasteiger partial charge in [0, 0.05) is 31.5 Å². The number of aryl methyl sites for hydroxylation is 1. The number of rotatable bonds is 7. The van der Waals surface area contributed by atoms with Gasteiger partial charge in [0.05, 0.1) is 20.1 Å². The molecule has 0 spiro atoms. The highest BCUT2D eigenvalue weighted by atomic mass is 16.5. The lowest BCUT2D eigenvalue weighted by atomic mass is 9.83. The zero-order valence-corrected chi connectivity index (χ0v) is 19.1. The first kappa shape index (κ1) is 22.2. The Bertz CT molecular complexity index is 986. The molecule has 2 aromatic carbocycles. The molecule has 2 fully saturated rings. The highest BCUT2D eigenvalue weighted by molar-refractivity contribution is 5.83. The maximum absolute atomic E-state index is 13.1. The number of carbonyl (C=O) groups is 2. The van der Waals surface area contributed by atoms with E-state index < -0.39 is 0 Å². The maximum Gasteiger partial charge on any atom is 0.225 e. The predicted molar refractivity (Wildman–Crippen MR) is 123 cm³/mol. The molecule has 2 aliphatic rings. The first-order chi connectivity index (χ1) is 15.5. The zero-order chi connectivity index (χ0) is 22.7. The fraction of sp³-hybridized carbons (Fsp3) is 0.462. The van der Waals surface area contributed by atoms with Crippen LogP contribution in [0.5, 0.6) is 11.5 Å². The summed E-state index contributed by atoms with van der Waals surface area (Å²) in [6, 6.07) is 14.0. The SMILES string of the molecule is COc1ccc([C@@H]2C[C@@H](C(=O)NCc3cccc(C)c3)CN(C(=O)C3CC3)C2)cc1OC.